The fourth-order valence-corrected chi connectivity index (χ4v) is 4.03. The summed E-state index contributed by atoms with van der Waals surface area (Å²) in [4.78, 5) is 21.2. The molecule has 0 fully saturated rings. The number of rotatable bonds is 10. The number of nitrogens with zero attached hydrogens (tertiary/aromatic N) is 3. The lowest BCUT2D eigenvalue weighted by atomic mass is 10.2. The first kappa shape index (κ1) is 23.2. The summed E-state index contributed by atoms with van der Waals surface area (Å²) in [7, 11) is 3.11. The van der Waals surface area contributed by atoms with Gasteiger partial charge in [0.1, 0.15) is 10.8 Å². The summed E-state index contributed by atoms with van der Waals surface area (Å²) in [6, 6.07) is 12.9. The third-order valence-electron chi connectivity index (χ3n) is 4.76. The molecular weight excluding hydrogens is 458 g/mol. The lowest BCUT2D eigenvalue weighted by Crippen LogP contribution is -2.08. The van der Waals surface area contributed by atoms with Crippen LogP contribution in [0.25, 0.3) is 22.0 Å². The molecule has 0 atom stereocenters. The highest BCUT2D eigenvalue weighted by Crippen LogP contribution is 2.33. The maximum Gasteiger partial charge on any atom is 0.312 e. The van der Waals surface area contributed by atoms with Crippen molar-refractivity contribution < 1.29 is 28.3 Å². The molecule has 0 bridgehead atoms. The van der Waals surface area contributed by atoms with Crippen LogP contribution in [0.15, 0.2) is 52.4 Å². The van der Waals surface area contributed by atoms with E-state index in [1.807, 2.05) is 36.6 Å². The van der Waals surface area contributed by atoms with Crippen LogP contribution in [0.2, 0.25) is 0 Å². The van der Waals surface area contributed by atoms with Gasteiger partial charge in [-0.3, -0.25) is 4.79 Å². The lowest BCUT2D eigenvalue weighted by molar-refractivity contribution is -0.144. The van der Waals surface area contributed by atoms with Crippen LogP contribution in [-0.2, 0) is 22.6 Å². The van der Waals surface area contributed by atoms with Crippen molar-refractivity contribution >= 4 is 17.3 Å². The zero-order valence-corrected chi connectivity index (χ0v) is 19.8. The highest BCUT2D eigenvalue weighted by Gasteiger charge is 2.16. The first-order valence-corrected chi connectivity index (χ1v) is 11.4. The maximum absolute atomic E-state index is 12.3. The second kappa shape index (κ2) is 10.8. The predicted molar refractivity (Wildman–Crippen MR) is 125 cm³/mol. The molecule has 0 aliphatic heterocycles. The number of thiazole rings is 1. The third kappa shape index (κ3) is 5.34. The van der Waals surface area contributed by atoms with Gasteiger partial charge in [0.2, 0.25) is 5.82 Å². The predicted octanol–water partition coefficient (Wildman–Crippen LogP) is 4.56. The first-order valence-electron chi connectivity index (χ1n) is 10.5. The van der Waals surface area contributed by atoms with Gasteiger partial charge in [-0.05, 0) is 37.3 Å². The Hall–Kier alpha value is -3.92. The minimum atomic E-state index is -0.444. The van der Waals surface area contributed by atoms with Crippen molar-refractivity contribution in [3.05, 3.63) is 59.4 Å². The quantitative estimate of drug-likeness (QED) is 0.301. The van der Waals surface area contributed by atoms with E-state index in [4.69, 9.17) is 23.5 Å². The Morgan fingerprint density at radius 3 is 2.65 bits per heavy atom. The van der Waals surface area contributed by atoms with Crippen LogP contribution in [-0.4, -0.2) is 41.9 Å². The molecule has 0 saturated carbocycles. The molecule has 0 unspecified atom stereocenters. The smallest absolute Gasteiger partial charge is 0.312 e. The molecule has 2 aromatic carbocycles. The van der Waals surface area contributed by atoms with Crippen LogP contribution in [0.3, 0.4) is 0 Å². The minimum absolute atomic E-state index is 0.0317. The average Bonchev–Trinajstić information content (AvgIpc) is 3.53. The van der Waals surface area contributed by atoms with E-state index in [-0.39, 0.29) is 18.9 Å². The number of ether oxygens (including phenoxy) is 4. The second-order valence-corrected chi connectivity index (χ2v) is 7.85. The highest BCUT2D eigenvalue weighted by atomic mass is 32.1. The number of hydrogen-bond donors (Lipinski definition) is 0. The van der Waals surface area contributed by atoms with E-state index in [2.05, 4.69) is 15.1 Å². The number of esters is 1. The summed E-state index contributed by atoms with van der Waals surface area (Å²) < 4.78 is 26.7. The van der Waals surface area contributed by atoms with Gasteiger partial charge in [0.05, 0.1) is 38.5 Å². The van der Waals surface area contributed by atoms with Gasteiger partial charge in [-0.15, -0.1) is 11.3 Å². The van der Waals surface area contributed by atoms with Gasteiger partial charge >= 0.3 is 5.97 Å². The normalized spacial score (nSPS) is 10.7. The van der Waals surface area contributed by atoms with Crippen molar-refractivity contribution in [2.24, 2.45) is 0 Å². The van der Waals surface area contributed by atoms with E-state index >= 15 is 0 Å². The number of carbonyl (C=O) groups excluding carboxylic acids is 1. The van der Waals surface area contributed by atoms with Crippen LogP contribution in [0.4, 0.5) is 0 Å². The van der Waals surface area contributed by atoms with Crippen molar-refractivity contribution in [2.75, 3.05) is 20.8 Å². The molecule has 0 saturated heterocycles. The van der Waals surface area contributed by atoms with Crippen LogP contribution >= 0.6 is 11.3 Å². The fourth-order valence-electron chi connectivity index (χ4n) is 3.18. The van der Waals surface area contributed by atoms with E-state index in [1.54, 1.807) is 32.4 Å². The van der Waals surface area contributed by atoms with Gasteiger partial charge in [-0.2, -0.15) is 4.98 Å². The number of hydrogen-bond acceptors (Lipinski definition) is 10. The van der Waals surface area contributed by atoms with Crippen molar-refractivity contribution in [1.82, 2.24) is 15.1 Å². The SMILES string of the molecule is CCOc1ccccc1-c1nc(CC(=O)OCc2nc(-c3ccc(OC)c(OC)c3)no2)cs1. The fraction of sp³-hybridized carbons (Fsp3) is 0.250. The van der Waals surface area contributed by atoms with E-state index < -0.39 is 5.97 Å². The highest BCUT2D eigenvalue weighted by molar-refractivity contribution is 7.13. The standard InChI is InChI=1S/C24H23N3O6S/c1-4-31-18-8-6-5-7-17(18)24-25-16(14-34-24)12-22(28)32-13-21-26-23(27-33-21)15-9-10-19(29-2)20(11-15)30-3/h5-11,14H,4,12-13H2,1-3H3. The van der Waals surface area contributed by atoms with Crippen molar-refractivity contribution in [1.29, 1.82) is 0 Å². The lowest BCUT2D eigenvalue weighted by Gasteiger charge is -2.07. The van der Waals surface area contributed by atoms with Gasteiger partial charge < -0.3 is 23.5 Å². The van der Waals surface area contributed by atoms with Crippen LogP contribution < -0.4 is 14.2 Å². The van der Waals surface area contributed by atoms with Crippen molar-refractivity contribution in [3.8, 4) is 39.2 Å². The van der Waals surface area contributed by atoms with Crippen LogP contribution in [0.5, 0.6) is 17.2 Å². The topological polar surface area (TPSA) is 106 Å². The second-order valence-electron chi connectivity index (χ2n) is 6.99. The molecule has 0 amide bonds. The Labute approximate surface area is 200 Å². The molecule has 2 aromatic heterocycles. The molecule has 0 aliphatic rings. The molecular formula is C24H23N3O6S. The molecule has 4 aromatic rings. The number of benzene rings is 2. The Morgan fingerprint density at radius 1 is 1.03 bits per heavy atom. The molecule has 0 radical (unpaired) electrons. The number of methoxy groups -OCH3 is 2. The van der Waals surface area contributed by atoms with Gasteiger partial charge in [0.25, 0.3) is 5.89 Å². The molecule has 9 nitrogen and oxygen atoms in total. The average molecular weight is 482 g/mol. The van der Waals surface area contributed by atoms with Crippen LogP contribution in [0.1, 0.15) is 18.5 Å². The molecule has 0 spiro atoms. The Kier molecular flexibility index (Phi) is 7.38. The van der Waals surface area contributed by atoms with Crippen molar-refractivity contribution in [2.45, 2.75) is 20.0 Å². The number of carbonyl (C=O) groups is 1. The molecule has 2 heterocycles. The number of aromatic nitrogens is 3. The molecule has 4 rings (SSSR count). The Morgan fingerprint density at radius 2 is 1.85 bits per heavy atom. The van der Waals surface area contributed by atoms with E-state index in [9.17, 15) is 4.79 Å². The summed E-state index contributed by atoms with van der Waals surface area (Å²) in [5, 5.41) is 6.56. The maximum atomic E-state index is 12.3. The summed E-state index contributed by atoms with van der Waals surface area (Å²) in [5.41, 5.74) is 2.19. The molecule has 10 heteroatoms. The molecule has 0 aliphatic carbocycles. The van der Waals surface area contributed by atoms with E-state index in [1.165, 1.54) is 11.3 Å². The molecule has 34 heavy (non-hydrogen) atoms. The van der Waals surface area contributed by atoms with E-state index in [0.29, 0.717) is 35.2 Å². The van der Waals surface area contributed by atoms with Gasteiger partial charge in [-0.1, -0.05) is 17.3 Å². The molecule has 0 N–H and O–H groups in total. The largest absolute Gasteiger partial charge is 0.493 e. The van der Waals surface area contributed by atoms with Gasteiger partial charge in [0, 0.05) is 10.9 Å². The zero-order chi connectivity index (χ0) is 23.9. The summed E-state index contributed by atoms with van der Waals surface area (Å²) >= 11 is 1.45. The van der Waals surface area contributed by atoms with Gasteiger partial charge in [-0.25, -0.2) is 4.98 Å². The Bertz CT molecular complexity index is 1270. The minimum Gasteiger partial charge on any atom is -0.493 e. The summed E-state index contributed by atoms with van der Waals surface area (Å²) in [6.45, 7) is 2.36. The third-order valence-corrected chi connectivity index (χ3v) is 5.69. The monoisotopic (exact) mass is 481 g/mol. The summed E-state index contributed by atoms with van der Waals surface area (Å²) in [6.07, 6.45) is 0.0317. The van der Waals surface area contributed by atoms with Gasteiger partial charge in [0.15, 0.2) is 18.1 Å². The van der Waals surface area contributed by atoms with E-state index in [0.717, 1.165) is 16.3 Å². The molecule has 176 valence electrons. The zero-order valence-electron chi connectivity index (χ0n) is 18.9. The Balaban J connectivity index is 1.36. The first-order chi connectivity index (χ1) is 16.6. The van der Waals surface area contributed by atoms with Crippen molar-refractivity contribution in [3.63, 3.8) is 0 Å². The van der Waals surface area contributed by atoms with Crippen LogP contribution in [0, 0.1) is 0 Å². The number of para-hydroxylation sites is 1. The summed E-state index contributed by atoms with van der Waals surface area (Å²) in [5.74, 6) is 1.99.